The van der Waals surface area contributed by atoms with Crippen molar-refractivity contribution in [2.75, 3.05) is 5.75 Å². The van der Waals surface area contributed by atoms with E-state index < -0.39 is 9.84 Å². The van der Waals surface area contributed by atoms with Crippen molar-refractivity contribution in [1.29, 1.82) is 0 Å². The highest BCUT2D eigenvalue weighted by atomic mass is 35.5. The maximum Gasteiger partial charge on any atom is 0.178 e. The second kappa shape index (κ2) is 14.6. The molecule has 0 saturated carbocycles. The molecule has 0 aliphatic heterocycles. The molecule has 0 atom stereocenters. The van der Waals surface area contributed by atoms with Crippen LogP contribution in [0.1, 0.15) is 37.5 Å². The van der Waals surface area contributed by atoms with Crippen molar-refractivity contribution in [3.8, 4) is 12.3 Å². The molecule has 0 heterocycles. The molecule has 2 nitrogen and oxygen atoms in total. The van der Waals surface area contributed by atoms with Crippen molar-refractivity contribution in [3.05, 3.63) is 29.3 Å². The number of hydrogen-bond donors (Lipinski definition) is 0. The third-order valence-electron chi connectivity index (χ3n) is 2.19. The summed E-state index contributed by atoms with van der Waals surface area (Å²) in [5.41, 5.74) is 0. The molecule has 0 spiro atoms. The number of hydrogen-bond acceptors (Lipinski definition) is 4. The minimum atomic E-state index is -3.11. The Hall–Kier alpha value is -0.320. The smallest absolute Gasteiger partial charge is 0.178 e. The molecule has 7 heteroatoms. The molecule has 0 fully saturated rings. The van der Waals surface area contributed by atoms with Crippen molar-refractivity contribution in [3.63, 3.8) is 0 Å². The SMILES string of the molecule is C#CC.CCCCCS(=O)(=O)c1ccc(Cl)cc1.S=S=S.[2HH].[2H][2H]. The third kappa shape index (κ3) is 13.1. The highest BCUT2D eigenvalue weighted by Gasteiger charge is 2.12. The summed E-state index contributed by atoms with van der Waals surface area (Å²) in [5.74, 6) is 2.47. The molecule has 0 radical (unpaired) electrons. The van der Waals surface area contributed by atoms with Gasteiger partial charge in [0.05, 0.1) is 10.6 Å². The van der Waals surface area contributed by atoms with Gasteiger partial charge in [-0.2, -0.15) is 0 Å². The fraction of sp³-hybridized carbons (Fsp3) is 0.429. The van der Waals surface area contributed by atoms with Gasteiger partial charge in [-0.3, -0.25) is 0 Å². The van der Waals surface area contributed by atoms with E-state index in [1.807, 2.05) is 0 Å². The van der Waals surface area contributed by atoms with Crippen molar-refractivity contribution in [2.45, 2.75) is 38.0 Å². The molecule has 21 heavy (non-hydrogen) atoms. The second-order valence-electron chi connectivity index (χ2n) is 3.84. The Labute approximate surface area is 150 Å². The molecule has 0 saturated heterocycles. The Bertz CT molecular complexity index is 567. The zero-order chi connectivity index (χ0) is 18.7. The molecule has 0 amide bonds. The number of halogens is 1. The van der Waals surface area contributed by atoms with Crippen molar-refractivity contribution < 1.29 is 12.8 Å². The summed E-state index contributed by atoms with van der Waals surface area (Å²) in [4.78, 5) is 0.364. The topological polar surface area (TPSA) is 34.1 Å². The van der Waals surface area contributed by atoms with Gasteiger partial charge in [-0.25, -0.2) is 8.42 Å². The minimum Gasteiger partial charge on any atom is -0.224 e. The van der Waals surface area contributed by atoms with Crippen LogP contribution in [-0.2, 0) is 41.1 Å². The van der Waals surface area contributed by atoms with E-state index in [4.69, 9.17) is 14.6 Å². The summed E-state index contributed by atoms with van der Waals surface area (Å²) in [5, 5.41) is 0.558. The van der Waals surface area contributed by atoms with E-state index in [-0.39, 0.29) is 7.18 Å². The summed E-state index contributed by atoms with van der Waals surface area (Å²) in [7, 11) is -2.19. The zero-order valence-electron chi connectivity index (χ0n) is 14.0. The van der Waals surface area contributed by atoms with E-state index in [1.165, 1.54) is 0 Å². The minimum absolute atomic E-state index is 0. The number of rotatable bonds is 5. The first-order valence-corrected chi connectivity index (χ1v) is 10.9. The van der Waals surface area contributed by atoms with E-state index >= 15 is 0 Å². The summed E-state index contributed by atoms with van der Waals surface area (Å²) < 4.78 is 33.6. The van der Waals surface area contributed by atoms with E-state index in [0.717, 1.165) is 28.1 Å². The average Bonchev–Trinajstić information content (AvgIpc) is 2.51. The van der Waals surface area contributed by atoms with Crippen LogP contribution < -0.4 is 0 Å². The third-order valence-corrected chi connectivity index (χ3v) is 4.26. The van der Waals surface area contributed by atoms with Gasteiger partial charge in [0, 0.05) is 40.7 Å². The summed E-state index contributed by atoms with van der Waals surface area (Å²) in [6.45, 7) is 3.70. The lowest BCUT2D eigenvalue weighted by molar-refractivity contribution is 0.591. The highest BCUT2D eigenvalue weighted by Crippen LogP contribution is 2.16. The molecule has 1 rings (SSSR count). The van der Waals surface area contributed by atoms with Gasteiger partial charge in [0.25, 0.3) is 0 Å². The lowest BCUT2D eigenvalue weighted by Crippen LogP contribution is -2.06. The Morgan fingerprint density at radius 2 is 1.76 bits per heavy atom. The molecule has 0 unspecified atom stereocenters. The lowest BCUT2D eigenvalue weighted by Gasteiger charge is -2.03. The Morgan fingerprint density at radius 3 is 2.14 bits per heavy atom. The van der Waals surface area contributed by atoms with Crippen LogP contribution in [0.2, 0.25) is 5.02 Å². The molecule has 122 valence electrons. The van der Waals surface area contributed by atoms with Crippen LogP contribution in [0.3, 0.4) is 0 Å². The highest BCUT2D eigenvalue weighted by molar-refractivity contribution is 8.37. The Morgan fingerprint density at radius 1 is 1.33 bits per heavy atom. The predicted molar refractivity (Wildman–Crippen MR) is 104 cm³/mol. The van der Waals surface area contributed by atoms with Crippen LogP contribution in [-0.4, -0.2) is 14.2 Å². The van der Waals surface area contributed by atoms with Crippen LogP contribution >= 0.6 is 11.6 Å². The number of sulfone groups is 1. The molecule has 0 aliphatic carbocycles. The van der Waals surface area contributed by atoms with Crippen LogP contribution in [0, 0.1) is 12.3 Å². The molecule has 1 aromatic carbocycles. The number of unbranched alkanes of at least 4 members (excludes halogenated alkanes) is 2. The second-order valence-corrected chi connectivity index (χ2v) is 8.15. The molecule has 0 bridgehead atoms. The maximum atomic E-state index is 11.8. The van der Waals surface area contributed by atoms with Gasteiger partial charge in [0.2, 0.25) is 0 Å². The quantitative estimate of drug-likeness (QED) is 0.551. The first-order chi connectivity index (χ1) is 10.9. The molecule has 0 aromatic heterocycles. The van der Waals surface area contributed by atoms with Gasteiger partial charge in [0.1, 0.15) is 0 Å². The van der Waals surface area contributed by atoms with Crippen molar-refractivity contribution >= 4 is 52.7 Å². The summed E-state index contributed by atoms with van der Waals surface area (Å²) in [6.07, 6.45) is 7.30. The molecular weight excluding hydrogens is 364 g/mol. The Balaban J connectivity index is -0.000000190. The monoisotopic (exact) mass is 389 g/mol. The first kappa shape index (κ1) is 20.7. The Kier molecular flexibility index (Phi) is 14.4. The van der Waals surface area contributed by atoms with Crippen molar-refractivity contribution in [2.24, 2.45) is 0 Å². The summed E-state index contributed by atoms with van der Waals surface area (Å²) in [6, 6.07) is 6.33. The summed E-state index contributed by atoms with van der Waals surface area (Å²) >= 11 is 13.9. The molecule has 0 aliphatic rings. The average molecular weight is 390 g/mol. The van der Waals surface area contributed by atoms with E-state index in [9.17, 15) is 8.42 Å². The van der Waals surface area contributed by atoms with Crippen LogP contribution in [0.15, 0.2) is 29.2 Å². The predicted octanol–water partition coefficient (Wildman–Crippen LogP) is 4.43. The van der Waals surface area contributed by atoms with Gasteiger partial charge in [0.15, 0.2) is 9.84 Å². The number of terminal acetylenes is 1. The van der Waals surface area contributed by atoms with Gasteiger partial charge < -0.3 is 0 Å². The van der Waals surface area contributed by atoms with Crippen LogP contribution in [0.25, 0.3) is 0 Å². The molecule has 0 N–H and O–H groups in total. The molecular formula is C14H23ClO2S4. The molecule has 1 aromatic rings. The van der Waals surface area contributed by atoms with Gasteiger partial charge >= 0.3 is 0 Å². The van der Waals surface area contributed by atoms with E-state index in [1.54, 1.807) is 31.2 Å². The van der Waals surface area contributed by atoms with Crippen LogP contribution in [0.4, 0.5) is 0 Å². The van der Waals surface area contributed by atoms with E-state index in [0.29, 0.717) is 9.92 Å². The van der Waals surface area contributed by atoms with Crippen molar-refractivity contribution in [1.82, 2.24) is 0 Å². The lowest BCUT2D eigenvalue weighted by atomic mass is 10.3. The van der Waals surface area contributed by atoms with Gasteiger partial charge in [-0.05, 0) is 37.6 Å². The maximum absolute atomic E-state index is 11.8. The van der Waals surface area contributed by atoms with Crippen LogP contribution in [0.5, 0.6) is 0 Å². The zero-order valence-corrected chi connectivity index (χ0v) is 16.1. The fourth-order valence-corrected chi connectivity index (χ4v) is 2.80. The first-order valence-electron chi connectivity index (χ1n) is 7.17. The standard InChI is InChI=1S/C11H15ClO2S.C3H4.S3.2H2/c1-2-3-4-9-15(13,14)11-7-5-10(12)6-8-11;2*1-3-2;;/h5-8H,2-4,9H2,1H3;1H,2H3;;2*1H/i;;;1+1D;1+1. The van der Waals surface area contributed by atoms with Gasteiger partial charge in [-0.15, -0.1) is 12.3 Å². The fourth-order valence-electron chi connectivity index (χ4n) is 1.30. The van der Waals surface area contributed by atoms with Gasteiger partial charge in [-0.1, -0.05) is 31.4 Å². The largest absolute Gasteiger partial charge is 0.224 e. The number of benzene rings is 1. The normalized spacial score (nSPS) is 9.62. The van der Waals surface area contributed by atoms with E-state index in [2.05, 4.69) is 41.6 Å².